The molecule has 0 aliphatic heterocycles. The van der Waals surface area contributed by atoms with Gasteiger partial charge in [-0.05, 0) is 54.4 Å². The first-order valence-electron chi connectivity index (χ1n) is 7.55. The zero-order chi connectivity index (χ0) is 18.4. The normalized spacial score (nSPS) is 11.7. The van der Waals surface area contributed by atoms with E-state index >= 15 is 0 Å². The zero-order valence-corrected chi connectivity index (χ0v) is 15.1. The van der Waals surface area contributed by atoms with E-state index in [2.05, 4.69) is 0 Å². The van der Waals surface area contributed by atoms with Crippen molar-refractivity contribution in [3.8, 4) is 0 Å². The highest BCUT2D eigenvalue weighted by atomic mass is 17.2. The Morgan fingerprint density at radius 1 is 0.739 bits per heavy atom. The molecule has 0 fully saturated rings. The Kier molecular flexibility index (Phi) is 14.3. The molecule has 0 saturated carbocycles. The van der Waals surface area contributed by atoms with Gasteiger partial charge in [0, 0.05) is 13.2 Å². The third kappa shape index (κ3) is 33.7. The Balaban J connectivity index is 0. The summed E-state index contributed by atoms with van der Waals surface area (Å²) in [6, 6.07) is 0. The summed E-state index contributed by atoms with van der Waals surface area (Å²) in [6.07, 6.45) is -0.204. The van der Waals surface area contributed by atoms with Crippen molar-refractivity contribution in [3.63, 3.8) is 0 Å². The molecule has 0 unspecified atom stereocenters. The van der Waals surface area contributed by atoms with E-state index in [-0.39, 0.29) is 11.2 Å². The zero-order valence-electron chi connectivity index (χ0n) is 15.1. The molecule has 0 aliphatic rings. The highest BCUT2D eigenvalue weighted by molar-refractivity contribution is 5.53. The third-order valence-corrected chi connectivity index (χ3v) is 1.65. The highest BCUT2D eigenvalue weighted by Gasteiger charge is 2.11. The summed E-state index contributed by atoms with van der Waals surface area (Å²) in [5.74, 6) is 0. The molecule has 0 aromatic carbocycles. The van der Waals surface area contributed by atoms with Crippen LogP contribution in [0.3, 0.4) is 0 Å². The first-order valence-corrected chi connectivity index (χ1v) is 7.55. The van der Waals surface area contributed by atoms with E-state index in [1.807, 2.05) is 41.5 Å². The van der Waals surface area contributed by atoms with Gasteiger partial charge in [-0.25, -0.2) is 24.3 Å². The van der Waals surface area contributed by atoms with Gasteiger partial charge in [0.2, 0.25) is 0 Å². The number of carboxylic acid groups (broad SMARTS) is 2. The number of hydrogen-bond donors (Lipinski definition) is 2. The summed E-state index contributed by atoms with van der Waals surface area (Å²) in [6.45, 7) is 14.1. The lowest BCUT2D eigenvalue weighted by atomic mass is 10.2. The quantitative estimate of drug-likeness (QED) is 0.354. The van der Waals surface area contributed by atoms with Crippen LogP contribution in [0.5, 0.6) is 0 Å². The van der Waals surface area contributed by atoms with E-state index in [9.17, 15) is 0 Å². The number of rotatable bonds is 10. The van der Waals surface area contributed by atoms with Gasteiger partial charge in [-0.2, -0.15) is 0 Å². The van der Waals surface area contributed by atoms with Gasteiger partial charge < -0.3 is 14.9 Å². The minimum atomic E-state index is -1.83. The van der Waals surface area contributed by atoms with Crippen molar-refractivity contribution in [2.24, 2.45) is 0 Å². The molecule has 140 valence electrons. The standard InChI is InChI=1S/C14H30O5.CH2O3/c1-13(2,3)18-16-11-7-9-15-10-8-12-17-19-14(4,5)6;2-1(3)4/h7-12H2,1-6H3;(H2,2,3,4). The molecule has 2 N–H and O–H groups in total. The van der Waals surface area contributed by atoms with Gasteiger partial charge in [-0.15, -0.1) is 0 Å². The predicted octanol–water partition coefficient (Wildman–Crippen LogP) is 3.50. The molecule has 0 bridgehead atoms. The van der Waals surface area contributed by atoms with Crippen molar-refractivity contribution in [3.05, 3.63) is 0 Å². The van der Waals surface area contributed by atoms with Crippen LogP contribution >= 0.6 is 0 Å². The van der Waals surface area contributed by atoms with Crippen LogP contribution in [0.25, 0.3) is 0 Å². The fourth-order valence-corrected chi connectivity index (χ4v) is 0.979. The topological polar surface area (TPSA) is 104 Å². The van der Waals surface area contributed by atoms with Crippen LogP contribution in [0.2, 0.25) is 0 Å². The largest absolute Gasteiger partial charge is 0.503 e. The maximum absolute atomic E-state index is 8.56. The predicted molar refractivity (Wildman–Crippen MR) is 84.3 cm³/mol. The fraction of sp³-hybridized carbons (Fsp3) is 0.933. The molecule has 0 aromatic heterocycles. The van der Waals surface area contributed by atoms with Gasteiger partial charge >= 0.3 is 6.16 Å². The van der Waals surface area contributed by atoms with Crippen molar-refractivity contribution < 1.29 is 39.3 Å². The van der Waals surface area contributed by atoms with E-state index in [0.29, 0.717) is 26.4 Å². The summed E-state index contributed by atoms with van der Waals surface area (Å²) >= 11 is 0. The average molecular weight is 340 g/mol. The van der Waals surface area contributed by atoms with Crippen molar-refractivity contribution in [2.75, 3.05) is 26.4 Å². The van der Waals surface area contributed by atoms with Crippen LogP contribution in [0.4, 0.5) is 4.79 Å². The fourth-order valence-electron chi connectivity index (χ4n) is 0.979. The molecule has 0 spiro atoms. The van der Waals surface area contributed by atoms with Crippen LogP contribution in [0, 0.1) is 0 Å². The molecular formula is C15H32O8. The number of hydrogen-bond acceptors (Lipinski definition) is 6. The Morgan fingerprint density at radius 2 is 1.04 bits per heavy atom. The number of carbonyl (C=O) groups is 1. The Morgan fingerprint density at radius 3 is 1.30 bits per heavy atom. The SMILES string of the molecule is CC(C)(C)OOCCCOCCCOOC(C)(C)C.O=C(O)O. The van der Waals surface area contributed by atoms with Gasteiger partial charge in [-0.1, -0.05) is 0 Å². The molecule has 0 heterocycles. The second-order valence-electron chi connectivity index (χ2n) is 6.64. The monoisotopic (exact) mass is 340 g/mol. The lowest BCUT2D eigenvalue weighted by molar-refractivity contribution is -0.350. The van der Waals surface area contributed by atoms with Crippen LogP contribution < -0.4 is 0 Å². The summed E-state index contributed by atoms with van der Waals surface area (Å²) in [4.78, 5) is 28.9. The third-order valence-electron chi connectivity index (χ3n) is 1.65. The smallest absolute Gasteiger partial charge is 0.450 e. The van der Waals surface area contributed by atoms with Gasteiger partial charge in [-0.3, -0.25) is 0 Å². The van der Waals surface area contributed by atoms with Crippen molar-refractivity contribution in [1.82, 2.24) is 0 Å². The lowest BCUT2D eigenvalue weighted by Crippen LogP contribution is -2.20. The van der Waals surface area contributed by atoms with Crippen molar-refractivity contribution in [1.29, 1.82) is 0 Å². The second kappa shape index (κ2) is 13.5. The molecule has 0 aromatic rings. The van der Waals surface area contributed by atoms with Gasteiger partial charge in [0.25, 0.3) is 0 Å². The molecule has 0 rings (SSSR count). The first-order chi connectivity index (χ1) is 10.4. The van der Waals surface area contributed by atoms with Gasteiger partial charge in [0.15, 0.2) is 0 Å². The van der Waals surface area contributed by atoms with E-state index in [1.54, 1.807) is 0 Å². The van der Waals surface area contributed by atoms with Crippen molar-refractivity contribution >= 4 is 6.16 Å². The maximum atomic E-state index is 8.56. The van der Waals surface area contributed by atoms with E-state index in [1.165, 1.54) is 0 Å². The molecule has 23 heavy (non-hydrogen) atoms. The summed E-state index contributed by atoms with van der Waals surface area (Å²) in [5, 5.41) is 13.9. The van der Waals surface area contributed by atoms with Crippen LogP contribution in [0.1, 0.15) is 54.4 Å². The summed E-state index contributed by atoms with van der Waals surface area (Å²) in [7, 11) is 0. The minimum absolute atomic E-state index is 0.259. The lowest BCUT2D eigenvalue weighted by Gasteiger charge is -2.17. The highest BCUT2D eigenvalue weighted by Crippen LogP contribution is 2.07. The second-order valence-corrected chi connectivity index (χ2v) is 6.64. The minimum Gasteiger partial charge on any atom is -0.450 e. The first kappa shape index (κ1) is 24.3. The number of ether oxygens (including phenoxy) is 1. The Hall–Kier alpha value is -0.930. The molecular weight excluding hydrogens is 308 g/mol. The maximum Gasteiger partial charge on any atom is 0.503 e. The van der Waals surface area contributed by atoms with Crippen LogP contribution in [-0.2, 0) is 24.3 Å². The van der Waals surface area contributed by atoms with Crippen molar-refractivity contribution in [2.45, 2.75) is 65.6 Å². The Labute approximate surface area is 138 Å². The molecule has 0 amide bonds. The molecule has 0 saturated heterocycles. The Bertz CT molecular complexity index is 254. The van der Waals surface area contributed by atoms with Gasteiger partial charge in [0.1, 0.15) is 0 Å². The van der Waals surface area contributed by atoms with E-state index in [0.717, 1.165) is 12.8 Å². The molecule has 0 atom stereocenters. The molecule has 8 nitrogen and oxygen atoms in total. The van der Waals surface area contributed by atoms with E-state index in [4.69, 9.17) is 39.3 Å². The molecule has 8 heteroatoms. The van der Waals surface area contributed by atoms with Crippen LogP contribution in [0.15, 0.2) is 0 Å². The summed E-state index contributed by atoms with van der Waals surface area (Å²) in [5.41, 5.74) is -0.517. The molecule has 0 radical (unpaired) electrons. The average Bonchev–Trinajstić information content (AvgIpc) is 2.32. The van der Waals surface area contributed by atoms with Crippen LogP contribution in [-0.4, -0.2) is 54.0 Å². The van der Waals surface area contributed by atoms with E-state index < -0.39 is 6.16 Å². The van der Waals surface area contributed by atoms with Gasteiger partial charge in [0.05, 0.1) is 24.4 Å². The summed E-state index contributed by atoms with van der Waals surface area (Å²) < 4.78 is 5.43. The molecule has 0 aliphatic carbocycles.